The smallest absolute Gasteiger partial charge is 0.128 e. The van der Waals surface area contributed by atoms with Gasteiger partial charge in [0.1, 0.15) is 5.82 Å². The zero-order valence-corrected chi connectivity index (χ0v) is 13.5. The van der Waals surface area contributed by atoms with Crippen LogP contribution >= 0.6 is 11.6 Å². The van der Waals surface area contributed by atoms with Gasteiger partial charge in [-0.1, -0.05) is 24.9 Å². The van der Waals surface area contributed by atoms with Crippen molar-refractivity contribution >= 4 is 17.4 Å². The quantitative estimate of drug-likeness (QED) is 0.859. The number of unbranched alkanes of at least 4 members (excludes halogenated alkanes) is 1. The summed E-state index contributed by atoms with van der Waals surface area (Å²) in [6, 6.07) is 3.92. The minimum Gasteiger partial charge on any atom is -0.360 e. The highest BCUT2D eigenvalue weighted by Crippen LogP contribution is 2.19. The third kappa shape index (κ3) is 5.79. The number of pyridine rings is 1. The molecule has 1 N–H and O–H groups in total. The third-order valence-corrected chi connectivity index (χ3v) is 3.27. The second-order valence-electron chi connectivity index (χ2n) is 5.98. The summed E-state index contributed by atoms with van der Waals surface area (Å²) < 4.78 is 0. The van der Waals surface area contributed by atoms with E-state index >= 15 is 0 Å². The van der Waals surface area contributed by atoms with Crippen LogP contribution in [0.5, 0.6) is 0 Å². The Morgan fingerprint density at radius 3 is 2.58 bits per heavy atom. The Morgan fingerprint density at radius 1 is 1.32 bits per heavy atom. The standard InChI is InChI=1S/C15H26ClN3/c1-6-7-10-19(5)14-9-8-12(16)13(18-14)11-17-15(2,3)4/h8-9,17H,6-7,10-11H2,1-5H3. The topological polar surface area (TPSA) is 28.2 Å². The van der Waals surface area contributed by atoms with Crippen LogP contribution in [0.3, 0.4) is 0 Å². The number of anilines is 1. The summed E-state index contributed by atoms with van der Waals surface area (Å²) in [6.45, 7) is 10.3. The summed E-state index contributed by atoms with van der Waals surface area (Å²) in [5.74, 6) is 0.989. The van der Waals surface area contributed by atoms with Gasteiger partial charge in [0.15, 0.2) is 0 Å². The van der Waals surface area contributed by atoms with Crippen LogP contribution in [-0.2, 0) is 6.54 Å². The summed E-state index contributed by atoms with van der Waals surface area (Å²) in [7, 11) is 2.08. The molecular weight excluding hydrogens is 258 g/mol. The Hall–Kier alpha value is -0.800. The Morgan fingerprint density at radius 2 is 2.00 bits per heavy atom. The Bertz CT molecular complexity index is 399. The van der Waals surface area contributed by atoms with E-state index in [-0.39, 0.29) is 5.54 Å². The summed E-state index contributed by atoms with van der Waals surface area (Å²) in [5, 5.41) is 4.15. The Kier molecular flexibility index (Phi) is 6.08. The molecule has 0 atom stereocenters. The first-order valence-electron chi connectivity index (χ1n) is 6.95. The van der Waals surface area contributed by atoms with E-state index in [1.807, 2.05) is 12.1 Å². The summed E-state index contributed by atoms with van der Waals surface area (Å²) >= 11 is 6.21. The maximum absolute atomic E-state index is 6.21. The average Bonchev–Trinajstić information content (AvgIpc) is 2.34. The first kappa shape index (κ1) is 16.3. The molecule has 1 heterocycles. The van der Waals surface area contributed by atoms with Gasteiger partial charge in [0.05, 0.1) is 10.7 Å². The van der Waals surface area contributed by atoms with Crippen molar-refractivity contribution in [2.45, 2.75) is 52.6 Å². The molecule has 0 bridgehead atoms. The van der Waals surface area contributed by atoms with Gasteiger partial charge in [-0.3, -0.25) is 0 Å². The van der Waals surface area contributed by atoms with Crippen molar-refractivity contribution in [2.24, 2.45) is 0 Å². The van der Waals surface area contributed by atoms with Crippen molar-refractivity contribution in [3.8, 4) is 0 Å². The van der Waals surface area contributed by atoms with E-state index in [1.54, 1.807) is 0 Å². The molecule has 0 aliphatic rings. The minimum atomic E-state index is 0.0646. The molecule has 0 aliphatic heterocycles. The Balaban J connectivity index is 2.76. The molecule has 19 heavy (non-hydrogen) atoms. The predicted molar refractivity (Wildman–Crippen MR) is 84.0 cm³/mol. The molecule has 3 nitrogen and oxygen atoms in total. The number of nitrogens with one attached hydrogen (secondary N) is 1. The van der Waals surface area contributed by atoms with E-state index in [0.717, 1.165) is 23.1 Å². The van der Waals surface area contributed by atoms with Gasteiger partial charge in [0.25, 0.3) is 0 Å². The van der Waals surface area contributed by atoms with Crippen molar-refractivity contribution < 1.29 is 0 Å². The molecule has 0 radical (unpaired) electrons. The number of hydrogen-bond donors (Lipinski definition) is 1. The lowest BCUT2D eigenvalue weighted by atomic mass is 10.1. The van der Waals surface area contributed by atoms with Crippen molar-refractivity contribution in [2.75, 3.05) is 18.5 Å². The molecule has 1 aromatic rings. The number of hydrogen-bond acceptors (Lipinski definition) is 3. The second kappa shape index (κ2) is 7.11. The molecule has 0 unspecified atom stereocenters. The van der Waals surface area contributed by atoms with E-state index < -0.39 is 0 Å². The normalized spacial score (nSPS) is 11.7. The molecule has 0 fully saturated rings. The highest BCUT2D eigenvalue weighted by Gasteiger charge is 2.12. The van der Waals surface area contributed by atoms with Gasteiger partial charge < -0.3 is 10.2 Å². The molecule has 0 spiro atoms. The van der Waals surface area contributed by atoms with E-state index in [2.05, 4.69) is 49.9 Å². The fourth-order valence-corrected chi connectivity index (χ4v) is 1.84. The van der Waals surface area contributed by atoms with Crippen LogP contribution in [0.2, 0.25) is 5.02 Å². The first-order valence-corrected chi connectivity index (χ1v) is 7.33. The summed E-state index contributed by atoms with van der Waals surface area (Å²) in [4.78, 5) is 6.84. The number of nitrogens with zero attached hydrogens (tertiary/aromatic N) is 2. The lowest BCUT2D eigenvalue weighted by Crippen LogP contribution is -2.35. The number of aromatic nitrogens is 1. The van der Waals surface area contributed by atoms with Crippen LogP contribution in [0.15, 0.2) is 12.1 Å². The molecule has 108 valence electrons. The number of rotatable bonds is 6. The maximum Gasteiger partial charge on any atom is 0.128 e. The molecule has 4 heteroatoms. The molecular formula is C15H26ClN3. The van der Waals surface area contributed by atoms with Gasteiger partial charge in [0.2, 0.25) is 0 Å². The molecule has 0 aromatic carbocycles. The van der Waals surface area contributed by atoms with E-state index in [1.165, 1.54) is 12.8 Å². The van der Waals surface area contributed by atoms with Gasteiger partial charge >= 0.3 is 0 Å². The second-order valence-corrected chi connectivity index (χ2v) is 6.38. The van der Waals surface area contributed by atoms with Crippen LogP contribution in [0.25, 0.3) is 0 Å². The van der Waals surface area contributed by atoms with Crippen molar-refractivity contribution in [1.82, 2.24) is 10.3 Å². The molecule has 0 amide bonds. The zero-order valence-electron chi connectivity index (χ0n) is 12.8. The highest BCUT2D eigenvalue weighted by atomic mass is 35.5. The molecule has 0 aliphatic carbocycles. The molecule has 0 saturated heterocycles. The van der Waals surface area contributed by atoms with Gasteiger partial charge in [-0.15, -0.1) is 0 Å². The fraction of sp³-hybridized carbons (Fsp3) is 0.667. The number of halogens is 1. The van der Waals surface area contributed by atoms with Gasteiger partial charge in [-0.25, -0.2) is 4.98 Å². The summed E-state index contributed by atoms with van der Waals surface area (Å²) in [5.41, 5.74) is 0.979. The third-order valence-electron chi connectivity index (χ3n) is 2.93. The van der Waals surface area contributed by atoms with E-state index in [4.69, 9.17) is 11.6 Å². The molecule has 1 rings (SSSR count). The Labute approximate surface area is 122 Å². The van der Waals surface area contributed by atoms with Crippen LogP contribution in [0.1, 0.15) is 46.2 Å². The molecule has 0 saturated carbocycles. The lowest BCUT2D eigenvalue weighted by Gasteiger charge is -2.22. The van der Waals surface area contributed by atoms with Gasteiger partial charge in [0, 0.05) is 25.7 Å². The van der Waals surface area contributed by atoms with Crippen molar-refractivity contribution in [3.63, 3.8) is 0 Å². The molecule has 1 aromatic heterocycles. The van der Waals surface area contributed by atoms with Crippen LogP contribution < -0.4 is 10.2 Å². The lowest BCUT2D eigenvalue weighted by molar-refractivity contribution is 0.421. The average molecular weight is 284 g/mol. The van der Waals surface area contributed by atoms with E-state index in [9.17, 15) is 0 Å². The van der Waals surface area contributed by atoms with Gasteiger partial charge in [-0.2, -0.15) is 0 Å². The SMILES string of the molecule is CCCCN(C)c1ccc(Cl)c(CNC(C)(C)C)n1. The maximum atomic E-state index is 6.21. The minimum absolute atomic E-state index is 0.0646. The van der Waals surface area contributed by atoms with Crippen molar-refractivity contribution in [3.05, 3.63) is 22.8 Å². The fourth-order valence-electron chi connectivity index (χ4n) is 1.67. The van der Waals surface area contributed by atoms with Crippen molar-refractivity contribution in [1.29, 1.82) is 0 Å². The van der Waals surface area contributed by atoms with Gasteiger partial charge in [-0.05, 0) is 39.3 Å². The monoisotopic (exact) mass is 283 g/mol. The highest BCUT2D eigenvalue weighted by molar-refractivity contribution is 6.31. The predicted octanol–water partition coefficient (Wildman–Crippen LogP) is 3.86. The summed E-state index contributed by atoms with van der Waals surface area (Å²) in [6.07, 6.45) is 2.37. The van der Waals surface area contributed by atoms with Crippen LogP contribution in [0.4, 0.5) is 5.82 Å². The van der Waals surface area contributed by atoms with Crippen LogP contribution in [-0.4, -0.2) is 24.1 Å². The zero-order chi connectivity index (χ0) is 14.5. The van der Waals surface area contributed by atoms with Crippen LogP contribution in [0, 0.1) is 0 Å². The largest absolute Gasteiger partial charge is 0.360 e. The first-order chi connectivity index (χ1) is 8.83. The van der Waals surface area contributed by atoms with E-state index in [0.29, 0.717) is 6.54 Å².